The number of piperidine rings is 1. The first-order valence-corrected chi connectivity index (χ1v) is 8.69. The van der Waals surface area contributed by atoms with Crippen LogP contribution in [0.5, 0.6) is 0 Å². The second-order valence-electron chi connectivity index (χ2n) is 6.34. The fourth-order valence-corrected chi connectivity index (χ4v) is 3.40. The summed E-state index contributed by atoms with van der Waals surface area (Å²) in [7, 11) is 0. The van der Waals surface area contributed by atoms with Crippen LogP contribution in [0.15, 0.2) is 30.3 Å². The number of carbonyl (C=O) groups is 1. The van der Waals surface area contributed by atoms with Gasteiger partial charge in [-0.1, -0.05) is 30.3 Å². The largest absolute Gasteiger partial charge is 0.395 e. The predicted octanol–water partition coefficient (Wildman–Crippen LogP) is -0.140. The Kier molecular flexibility index (Phi) is 7.31. The van der Waals surface area contributed by atoms with E-state index in [1.807, 2.05) is 30.3 Å². The lowest BCUT2D eigenvalue weighted by Crippen LogP contribution is -2.69. The molecule has 0 aromatic heterocycles. The lowest BCUT2D eigenvalue weighted by molar-refractivity contribution is -0.163. The van der Waals surface area contributed by atoms with Crippen molar-refractivity contribution in [2.24, 2.45) is 0 Å². The van der Waals surface area contributed by atoms with E-state index in [0.29, 0.717) is 19.5 Å². The van der Waals surface area contributed by atoms with Gasteiger partial charge in [0.1, 0.15) is 18.2 Å². The summed E-state index contributed by atoms with van der Waals surface area (Å²) in [6.45, 7) is 1.94. The molecule has 0 radical (unpaired) electrons. The molecule has 1 heterocycles. The van der Waals surface area contributed by atoms with Crippen molar-refractivity contribution < 1.29 is 24.5 Å². The van der Waals surface area contributed by atoms with Crippen LogP contribution in [0.4, 0.5) is 4.39 Å². The molecule has 7 heteroatoms. The highest BCUT2D eigenvalue weighted by molar-refractivity contribution is 5.82. The number of alkyl halides is 1. The number of carbonyl (C=O) groups excluding carboxylic acids is 1. The Morgan fingerprint density at radius 2 is 1.92 bits per heavy atom. The van der Waals surface area contributed by atoms with Crippen LogP contribution in [0.3, 0.4) is 0 Å². The Morgan fingerprint density at radius 1 is 1.24 bits per heavy atom. The van der Waals surface area contributed by atoms with E-state index in [1.54, 1.807) is 6.92 Å². The van der Waals surface area contributed by atoms with Gasteiger partial charge in [0.05, 0.1) is 12.6 Å². The van der Waals surface area contributed by atoms with Crippen molar-refractivity contribution in [2.45, 2.75) is 50.2 Å². The van der Waals surface area contributed by atoms with Crippen molar-refractivity contribution in [1.82, 2.24) is 10.2 Å². The number of aliphatic hydroxyl groups is 3. The molecule has 1 fully saturated rings. The van der Waals surface area contributed by atoms with Gasteiger partial charge in [0.25, 0.3) is 0 Å². The first-order valence-electron chi connectivity index (χ1n) is 8.69. The van der Waals surface area contributed by atoms with Crippen LogP contribution in [0.25, 0.3) is 0 Å². The zero-order chi connectivity index (χ0) is 18.4. The van der Waals surface area contributed by atoms with Gasteiger partial charge in [0.15, 0.2) is 6.17 Å². The van der Waals surface area contributed by atoms with E-state index >= 15 is 0 Å². The standard InChI is InChI=1S/C18H27FN2O4/c1-2-20-18(25)15-17(24)14(19)16(23)13(11-22)21(15)10-6-9-12-7-4-3-5-8-12/h3-5,7-8,13-17,22-24H,2,6,9-11H2,1H3,(H,20,25). The van der Waals surface area contributed by atoms with Crippen LogP contribution in [-0.2, 0) is 11.2 Å². The maximum atomic E-state index is 14.2. The van der Waals surface area contributed by atoms with Crippen molar-refractivity contribution in [3.63, 3.8) is 0 Å². The molecule has 5 unspecified atom stereocenters. The highest BCUT2D eigenvalue weighted by Crippen LogP contribution is 2.27. The Labute approximate surface area is 147 Å². The number of hydrogen-bond donors (Lipinski definition) is 4. The summed E-state index contributed by atoms with van der Waals surface area (Å²) in [5, 5.41) is 32.4. The van der Waals surface area contributed by atoms with Gasteiger partial charge in [-0.05, 0) is 31.9 Å². The van der Waals surface area contributed by atoms with Crippen molar-refractivity contribution in [1.29, 1.82) is 0 Å². The molecule has 1 amide bonds. The Hall–Kier alpha value is -1.54. The highest BCUT2D eigenvalue weighted by Gasteiger charge is 2.50. The molecule has 1 aromatic carbocycles. The molecule has 2 rings (SSSR count). The minimum atomic E-state index is -1.98. The second-order valence-corrected chi connectivity index (χ2v) is 6.34. The molecule has 0 saturated carbocycles. The van der Waals surface area contributed by atoms with E-state index in [-0.39, 0.29) is 0 Å². The molecule has 0 bridgehead atoms. The first-order chi connectivity index (χ1) is 12.0. The van der Waals surface area contributed by atoms with E-state index in [9.17, 15) is 24.5 Å². The summed E-state index contributed by atoms with van der Waals surface area (Å²) in [5.41, 5.74) is 1.12. The summed E-state index contributed by atoms with van der Waals surface area (Å²) in [6, 6.07) is 7.71. The molecular weight excluding hydrogens is 327 g/mol. The number of halogens is 1. The van der Waals surface area contributed by atoms with E-state index < -0.39 is 43.0 Å². The molecule has 0 aliphatic carbocycles. The number of aliphatic hydroxyl groups excluding tert-OH is 3. The summed E-state index contributed by atoms with van der Waals surface area (Å²) in [6.07, 6.45) is -3.77. The van der Waals surface area contributed by atoms with Gasteiger partial charge in [0, 0.05) is 6.54 Å². The topological polar surface area (TPSA) is 93.0 Å². The molecule has 25 heavy (non-hydrogen) atoms. The summed E-state index contributed by atoms with van der Waals surface area (Å²) >= 11 is 0. The van der Waals surface area contributed by atoms with Crippen molar-refractivity contribution in [2.75, 3.05) is 19.7 Å². The van der Waals surface area contributed by atoms with Crippen LogP contribution in [-0.4, -0.2) is 76.3 Å². The minimum absolute atomic E-state index is 0.350. The number of nitrogens with one attached hydrogen (secondary N) is 1. The van der Waals surface area contributed by atoms with Crippen molar-refractivity contribution >= 4 is 5.91 Å². The smallest absolute Gasteiger partial charge is 0.240 e. The third-order valence-electron chi connectivity index (χ3n) is 4.68. The SMILES string of the molecule is CCNC(=O)C1C(O)C(F)C(O)C(CO)N1CCCc1ccccc1. The normalized spacial score (nSPS) is 30.2. The zero-order valence-corrected chi connectivity index (χ0v) is 14.4. The van der Waals surface area contributed by atoms with Gasteiger partial charge in [0.2, 0.25) is 5.91 Å². The number of likely N-dealkylation sites (N-methyl/N-ethyl adjacent to an activating group) is 1. The van der Waals surface area contributed by atoms with Gasteiger partial charge >= 0.3 is 0 Å². The van der Waals surface area contributed by atoms with Gasteiger partial charge in [-0.15, -0.1) is 0 Å². The van der Waals surface area contributed by atoms with Crippen LogP contribution in [0, 0.1) is 0 Å². The second kappa shape index (κ2) is 9.24. The number of benzene rings is 1. The van der Waals surface area contributed by atoms with Crippen LogP contribution >= 0.6 is 0 Å². The van der Waals surface area contributed by atoms with Crippen LogP contribution in [0.1, 0.15) is 18.9 Å². The lowest BCUT2D eigenvalue weighted by atomic mass is 9.88. The molecule has 1 saturated heterocycles. The molecule has 1 aromatic rings. The molecule has 5 atom stereocenters. The Balaban J connectivity index is 2.13. The minimum Gasteiger partial charge on any atom is -0.395 e. The van der Waals surface area contributed by atoms with Crippen molar-refractivity contribution in [3.8, 4) is 0 Å². The number of nitrogens with zero attached hydrogens (tertiary/aromatic N) is 1. The number of aryl methyl sites for hydroxylation is 1. The van der Waals surface area contributed by atoms with Gasteiger partial charge in [-0.2, -0.15) is 0 Å². The molecule has 4 N–H and O–H groups in total. The maximum absolute atomic E-state index is 14.2. The number of amides is 1. The van der Waals surface area contributed by atoms with Gasteiger partial charge in [-0.25, -0.2) is 4.39 Å². The molecule has 1 aliphatic rings. The number of likely N-dealkylation sites (tertiary alicyclic amines) is 1. The molecule has 140 valence electrons. The van der Waals surface area contributed by atoms with Crippen molar-refractivity contribution in [3.05, 3.63) is 35.9 Å². The summed E-state index contributed by atoms with van der Waals surface area (Å²) < 4.78 is 14.2. The predicted molar refractivity (Wildman–Crippen MR) is 91.7 cm³/mol. The average Bonchev–Trinajstić information content (AvgIpc) is 2.61. The lowest BCUT2D eigenvalue weighted by Gasteiger charge is -2.47. The Bertz CT molecular complexity index is 545. The quantitative estimate of drug-likeness (QED) is 0.547. The van der Waals surface area contributed by atoms with E-state index in [0.717, 1.165) is 12.0 Å². The van der Waals surface area contributed by atoms with Gasteiger partial charge in [-0.3, -0.25) is 9.69 Å². The maximum Gasteiger partial charge on any atom is 0.240 e. The van der Waals surface area contributed by atoms with E-state index in [2.05, 4.69) is 5.32 Å². The molecule has 1 aliphatic heterocycles. The summed E-state index contributed by atoms with van der Waals surface area (Å²) in [5.74, 6) is -0.497. The molecular formula is C18H27FN2O4. The highest BCUT2D eigenvalue weighted by atomic mass is 19.1. The van der Waals surface area contributed by atoms with Crippen LogP contribution in [0.2, 0.25) is 0 Å². The van der Waals surface area contributed by atoms with E-state index in [4.69, 9.17) is 0 Å². The third-order valence-corrected chi connectivity index (χ3v) is 4.68. The number of rotatable bonds is 7. The Morgan fingerprint density at radius 3 is 2.52 bits per heavy atom. The monoisotopic (exact) mass is 354 g/mol. The first kappa shape index (κ1) is 19.8. The molecule has 0 spiro atoms. The zero-order valence-electron chi connectivity index (χ0n) is 14.4. The number of hydrogen-bond acceptors (Lipinski definition) is 5. The third kappa shape index (κ3) is 4.55. The average molecular weight is 354 g/mol. The van der Waals surface area contributed by atoms with E-state index in [1.165, 1.54) is 4.90 Å². The fraction of sp³-hybridized carbons (Fsp3) is 0.611. The van der Waals surface area contributed by atoms with Crippen LogP contribution < -0.4 is 5.32 Å². The fourth-order valence-electron chi connectivity index (χ4n) is 3.40. The van der Waals surface area contributed by atoms with Gasteiger partial charge < -0.3 is 20.6 Å². The molecule has 6 nitrogen and oxygen atoms in total. The summed E-state index contributed by atoms with van der Waals surface area (Å²) in [4.78, 5) is 13.9.